The molecule has 2 heterocycles. The zero-order valence-corrected chi connectivity index (χ0v) is 13.7. The summed E-state index contributed by atoms with van der Waals surface area (Å²) in [5.74, 6) is 0.795. The Hall–Kier alpha value is -1.51. The van der Waals surface area contributed by atoms with Gasteiger partial charge < -0.3 is 10.6 Å². The third kappa shape index (κ3) is 4.23. The molecule has 0 aliphatic heterocycles. The van der Waals surface area contributed by atoms with E-state index in [1.807, 2.05) is 36.1 Å². The number of amides is 1. The zero-order valence-electron chi connectivity index (χ0n) is 12.0. The molecular weight excluding hydrogens is 306 g/mol. The van der Waals surface area contributed by atoms with E-state index in [9.17, 15) is 4.79 Å². The second-order valence-electron chi connectivity index (χ2n) is 4.73. The van der Waals surface area contributed by atoms with Gasteiger partial charge in [0.05, 0.1) is 4.88 Å². The zero-order chi connectivity index (χ0) is 15.2. The molecule has 8 heteroatoms. The van der Waals surface area contributed by atoms with Gasteiger partial charge >= 0.3 is 0 Å². The summed E-state index contributed by atoms with van der Waals surface area (Å²) in [5.41, 5.74) is 0. The SMILES string of the molecule is CNC(C)CNC(=O)CCn1c(-c2cccs2)n[nH]c1=S. The first-order chi connectivity index (χ1) is 10.1. The number of nitrogens with zero attached hydrogens (tertiary/aromatic N) is 2. The maximum atomic E-state index is 11.9. The summed E-state index contributed by atoms with van der Waals surface area (Å²) >= 11 is 6.83. The molecule has 0 aromatic carbocycles. The van der Waals surface area contributed by atoms with Crippen LogP contribution in [0.3, 0.4) is 0 Å². The van der Waals surface area contributed by atoms with E-state index in [1.54, 1.807) is 11.3 Å². The van der Waals surface area contributed by atoms with Crippen LogP contribution in [0.2, 0.25) is 0 Å². The Labute approximate surface area is 132 Å². The lowest BCUT2D eigenvalue weighted by Gasteiger charge is -2.11. The molecule has 0 aliphatic carbocycles. The van der Waals surface area contributed by atoms with Crippen molar-refractivity contribution in [3.63, 3.8) is 0 Å². The van der Waals surface area contributed by atoms with E-state index in [2.05, 4.69) is 20.8 Å². The van der Waals surface area contributed by atoms with Crippen molar-refractivity contribution in [2.24, 2.45) is 0 Å². The van der Waals surface area contributed by atoms with Crippen molar-refractivity contribution in [1.82, 2.24) is 25.4 Å². The summed E-state index contributed by atoms with van der Waals surface area (Å²) in [4.78, 5) is 12.9. The van der Waals surface area contributed by atoms with Crippen molar-refractivity contribution in [3.05, 3.63) is 22.3 Å². The number of rotatable bonds is 7. The summed E-state index contributed by atoms with van der Waals surface area (Å²) < 4.78 is 2.40. The minimum absolute atomic E-state index is 0.0114. The molecular formula is C13H19N5OS2. The van der Waals surface area contributed by atoms with Crippen molar-refractivity contribution in [1.29, 1.82) is 0 Å². The number of hydrogen-bond donors (Lipinski definition) is 3. The number of nitrogens with one attached hydrogen (secondary N) is 3. The van der Waals surface area contributed by atoms with Crippen LogP contribution >= 0.6 is 23.6 Å². The average molecular weight is 325 g/mol. The van der Waals surface area contributed by atoms with Gasteiger partial charge in [0.1, 0.15) is 0 Å². The highest BCUT2D eigenvalue weighted by Crippen LogP contribution is 2.22. The highest BCUT2D eigenvalue weighted by atomic mass is 32.1. The molecule has 0 saturated heterocycles. The first-order valence-corrected chi connectivity index (χ1v) is 8.03. The summed E-state index contributed by atoms with van der Waals surface area (Å²) in [6.07, 6.45) is 0.378. The van der Waals surface area contributed by atoms with Gasteiger partial charge in [0.15, 0.2) is 10.6 Å². The third-order valence-corrected chi connectivity index (χ3v) is 4.34. The van der Waals surface area contributed by atoms with Gasteiger partial charge in [-0.15, -0.1) is 11.3 Å². The number of aromatic amines is 1. The maximum Gasteiger partial charge on any atom is 0.221 e. The highest BCUT2D eigenvalue weighted by Gasteiger charge is 2.11. The number of carbonyl (C=O) groups excluding carboxylic acids is 1. The summed E-state index contributed by atoms with van der Waals surface area (Å²) in [6, 6.07) is 4.21. The molecule has 1 amide bonds. The van der Waals surface area contributed by atoms with Gasteiger partial charge in [-0.3, -0.25) is 14.5 Å². The number of aromatic nitrogens is 3. The van der Waals surface area contributed by atoms with E-state index in [-0.39, 0.29) is 11.9 Å². The van der Waals surface area contributed by atoms with Crippen LogP contribution in [0.5, 0.6) is 0 Å². The number of H-pyrrole nitrogens is 1. The number of thiophene rings is 1. The molecule has 0 saturated carbocycles. The second-order valence-corrected chi connectivity index (χ2v) is 6.06. The molecule has 21 heavy (non-hydrogen) atoms. The molecule has 114 valence electrons. The smallest absolute Gasteiger partial charge is 0.221 e. The molecule has 0 fully saturated rings. The van der Waals surface area contributed by atoms with Gasteiger partial charge in [-0.2, -0.15) is 5.10 Å². The lowest BCUT2D eigenvalue weighted by molar-refractivity contribution is -0.121. The van der Waals surface area contributed by atoms with E-state index in [1.165, 1.54) is 0 Å². The Balaban J connectivity index is 1.96. The van der Waals surface area contributed by atoms with Crippen LogP contribution in [0.15, 0.2) is 17.5 Å². The Bertz CT molecular complexity index is 631. The van der Waals surface area contributed by atoms with Gasteiger partial charge in [-0.1, -0.05) is 6.07 Å². The van der Waals surface area contributed by atoms with Crippen LogP contribution in [-0.4, -0.2) is 40.3 Å². The fraction of sp³-hybridized carbons (Fsp3) is 0.462. The number of likely N-dealkylation sites (N-methyl/N-ethyl adjacent to an activating group) is 1. The lowest BCUT2D eigenvalue weighted by atomic mass is 10.3. The predicted molar refractivity (Wildman–Crippen MR) is 86.9 cm³/mol. The van der Waals surface area contributed by atoms with E-state index < -0.39 is 0 Å². The Morgan fingerprint density at radius 3 is 3.10 bits per heavy atom. The van der Waals surface area contributed by atoms with Crippen LogP contribution in [-0.2, 0) is 11.3 Å². The molecule has 3 N–H and O–H groups in total. The van der Waals surface area contributed by atoms with E-state index in [0.29, 0.717) is 24.3 Å². The maximum absolute atomic E-state index is 11.9. The van der Waals surface area contributed by atoms with Gasteiger partial charge in [-0.05, 0) is 37.6 Å². The van der Waals surface area contributed by atoms with Gasteiger partial charge in [0.25, 0.3) is 0 Å². The minimum Gasteiger partial charge on any atom is -0.354 e. The summed E-state index contributed by atoms with van der Waals surface area (Å²) in [5, 5.41) is 15.0. The summed E-state index contributed by atoms with van der Waals surface area (Å²) in [7, 11) is 1.87. The van der Waals surface area contributed by atoms with Crippen LogP contribution < -0.4 is 10.6 Å². The molecule has 0 bridgehead atoms. The standard InChI is InChI=1S/C13H19N5OS2/c1-9(14-2)8-15-11(19)5-6-18-12(16-17-13(18)20)10-4-3-7-21-10/h3-4,7,9,14H,5-6,8H2,1-2H3,(H,15,19)(H,17,20). The predicted octanol–water partition coefficient (Wildman–Crippen LogP) is 1.78. The van der Waals surface area contributed by atoms with E-state index in [0.717, 1.165) is 10.7 Å². The molecule has 1 unspecified atom stereocenters. The van der Waals surface area contributed by atoms with Gasteiger partial charge in [0.2, 0.25) is 5.91 Å². The van der Waals surface area contributed by atoms with Gasteiger partial charge in [-0.25, -0.2) is 0 Å². The molecule has 0 aliphatic rings. The molecule has 0 radical (unpaired) electrons. The van der Waals surface area contributed by atoms with E-state index >= 15 is 0 Å². The molecule has 6 nitrogen and oxygen atoms in total. The minimum atomic E-state index is 0.0114. The molecule has 2 rings (SSSR count). The van der Waals surface area contributed by atoms with Crippen molar-refractivity contribution in [2.75, 3.05) is 13.6 Å². The van der Waals surface area contributed by atoms with Crippen molar-refractivity contribution in [2.45, 2.75) is 25.9 Å². The van der Waals surface area contributed by atoms with Crippen molar-refractivity contribution >= 4 is 29.5 Å². The number of hydrogen-bond acceptors (Lipinski definition) is 5. The Morgan fingerprint density at radius 2 is 2.43 bits per heavy atom. The van der Waals surface area contributed by atoms with Crippen LogP contribution in [0.1, 0.15) is 13.3 Å². The first kappa shape index (κ1) is 15.9. The fourth-order valence-electron chi connectivity index (χ4n) is 1.79. The Morgan fingerprint density at radius 1 is 1.62 bits per heavy atom. The molecule has 0 spiro atoms. The quantitative estimate of drug-likeness (QED) is 0.679. The monoisotopic (exact) mass is 325 g/mol. The molecule has 1 atom stereocenters. The normalized spacial score (nSPS) is 12.3. The second kappa shape index (κ2) is 7.48. The topological polar surface area (TPSA) is 74.7 Å². The highest BCUT2D eigenvalue weighted by molar-refractivity contribution is 7.71. The van der Waals surface area contributed by atoms with Crippen LogP contribution in [0.4, 0.5) is 0 Å². The van der Waals surface area contributed by atoms with Crippen LogP contribution in [0, 0.1) is 4.77 Å². The van der Waals surface area contributed by atoms with Crippen molar-refractivity contribution in [3.8, 4) is 10.7 Å². The van der Waals surface area contributed by atoms with Crippen LogP contribution in [0.25, 0.3) is 10.7 Å². The largest absolute Gasteiger partial charge is 0.354 e. The van der Waals surface area contributed by atoms with Crippen molar-refractivity contribution < 1.29 is 4.79 Å². The van der Waals surface area contributed by atoms with E-state index in [4.69, 9.17) is 12.2 Å². The number of carbonyl (C=O) groups is 1. The third-order valence-electron chi connectivity index (χ3n) is 3.16. The summed E-state index contributed by atoms with van der Waals surface area (Å²) in [6.45, 7) is 3.15. The molecule has 2 aromatic rings. The Kier molecular flexibility index (Phi) is 5.66. The lowest BCUT2D eigenvalue weighted by Crippen LogP contribution is -2.37. The first-order valence-electron chi connectivity index (χ1n) is 6.75. The average Bonchev–Trinajstić information content (AvgIpc) is 3.12. The van der Waals surface area contributed by atoms with Gasteiger partial charge in [0, 0.05) is 25.6 Å². The molecule has 2 aromatic heterocycles. The fourth-order valence-corrected chi connectivity index (χ4v) is 2.74.